The first-order valence-electron chi connectivity index (χ1n) is 18.9. The quantitative estimate of drug-likeness (QED) is 0.0990. The highest BCUT2D eigenvalue weighted by molar-refractivity contribution is 7.85. The minimum Gasteiger partial charge on any atom is -0.309 e. The molecule has 262 valence electrons. The lowest BCUT2D eigenvalue weighted by molar-refractivity contribution is 0.592. The van der Waals surface area contributed by atoms with E-state index in [9.17, 15) is 0 Å². The van der Waals surface area contributed by atoms with Crippen molar-refractivity contribution >= 4 is 129 Å². The highest BCUT2D eigenvalue weighted by atomic mass is 32.1. The van der Waals surface area contributed by atoms with Gasteiger partial charge < -0.3 is 4.57 Å². The molecule has 1 nitrogen and oxygen atoms in total. The zero-order valence-corrected chi connectivity index (χ0v) is 32.6. The summed E-state index contributed by atoms with van der Waals surface area (Å²) in [4.78, 5) is 0. The smallest absolute Gasteiger partial charge is 0.171 e. The lowest BCUT2D eigenvalue weighted by atomic mass is 9.88. The second-order valence-electron chi connectivity index (χ2n) is 14.7. The van der Waals surface area contributed by atoms with Crippen molar-refractivity contribution in [3.05, 3.63) is 188 Å². The molecule has 0 atom stereocenters. The first-order valence-corrected chi connectivity index (χ1v) is 22.3. The predicted molar refractivity (Wildman–Crippen MR) is 247 cm³/mol. The Labute approximate surface area is 331 Å². The third-order valence-electron chi connectivity index (χ3n) is 11.7. The van der Waals surface area contributed by atoms with E-state index in [2.05, 4.69) is 188 Å². The highest BCUT2D eigenvalue weighted by Crippen LogP contribution is 2.48. The minimum atomic E-state index is -3.36. The maximum Gasteiger partial charge on any atom is 0.171 e. The Balaban J connectivity index is 1.11. The largest absolute Gasteiger partial charge is 0.309 e. The molecule has 2 heterocycles. The van der Waals surface area contributed by atoms with Gasteiger partial charge in [0.15, 0.2) is 7.14 Å². The number of benzene rings is 10. The summed E-state index contributed by atoms with van der Waals surface area (Å²) < 4.78 is 21.3. The van der Waals surface area contributed by atoms with Gasteiger partial charge in [-0.25, -0.2) is 0 Å². The Morgan fingerprint density at radius 2 is 0.732 bits per heavy atom. The van der Waals surface area contributed by atoms with Gasteiger partial charge in [-0.1, -0.05) is 133 Å². The first-order chi connectivity index (χ1) is 27.6. The minimum absolute atomic E-state index is 0.833. The molecule has 0 aliphatic heterocycles. The van der Waals surface area contributed by atoms with Gasteiger partial charge in [-0.3, -0.25) is 0 Å². The molecule has 12 aromatic rings. The molecule has 0 bridgehead atoms. The Kier molecular flexibility index (Phi) is 7.01. The molecule has 0 aliphatic carbocycles. The van der Waals surface area contributed by atoms with E-state index in [0.29, 0.717) is 0 Å². The van der Waals surface area contributed by atoms with E-state index in [1.165, 1.54) is 78.2 Å². The fourth-order valence-electron chi connectivity index (χ4n) is 9.04. The average molecular weight is 767 g/mol. The topological polar surface area (TPSA) is 17.1 Å². The average Bonchev–Trinajstić information content (AvgIpc) is 3.83. The van der Waals surface area contributed by atoms with Gasteiger partial charge in [-0.05, 0) is 109 Å². The molecule has 12 rings (SSSR count). The van der Waals surface area contributed by atoms with E-state index in [1.54, 1.807) is 22.7 Å². The van der Waals surface area contributed by atoms with Gasteiger partial charge in [-0.15, -0.1) is 22.7 Å². The van der Waals surface area contributed by atoms with Crippen molar-refractivity contribution in [1.29, 1.82) is 0 Å². The van der Waals surface area contributed by atoms with Crippen LogP contribution in [0.1, 0.15) is 0 Å². The van der Waals surface area contributed by atoms with E-state index in [1.807, 2.05) is 0 Å². The Hall–Kier alpha value is -6.09. The van der Waals surface area contributed by atoms with Crippen LogP contribution in [-0.2, 0) is 4.57 Å². The first kappa shape index (κ1) is 32.2. The van der Waals surface area contributed by atoms with Crippen LogP contribution >= 0.6 is 29.8 Å². The number of thiophene rings is 2. The molecule has 0 spiro atoms. The third-order valence-corrected chi connectivity index (χ3v) is 17.1. The van der Waals surface area contributed by atoms with Crippen LogP contribution in [0.3, 0.4) is 0 Å². The fraction of sp³-hybridized carbons (Fsp3) is 0. The molecule has 0 saturated heterocycles. The molecule has 0 radical (unpaired) electrons. The van der Waals surface area contributed by atoms with Gasteiger partial charge in [0.2, 0.25) is 0 Å². The van der Waals surface area contributed by atoms with E-state index >= 15 is 4.57 Å². The summed E-state index contributed by atoms with van der Waals surface area (Å²) in [7, 11) is -3.36. The van der Waals surface area contributed by atoms with Crippen LogP contribution in [0.15, 0.2) is 188 Å². The molecular weight excluding hydrogens is 736 g/mol. The Morgan fingerprint density at radius 1 is 0.304 bits per heavy atom. The SMILES string of the molecule is O=P(c1ccc(-c2c3ccc4ccccc4c3cc3c2ccc2ccccc23)cc1)(c1ccc2sc3ccccc3c2c1)c1ccc2sc3ccccc3c2c1. The number of hydrogen-bond acceptors (Lipinski definition) is 3. The normalized spacial score (nSPS) is 12.4. The monoisotopic (exact) mass is 766 g/mol. The summed E-state index contributed by atoms with van der Waals surface area (Å²) in [6.07, 6.45) is 0. The van der Waals surface area contributed by atoms with Gasteiger partial charge >= 0.3 is 0 Å². The Morgan fingerprint density at radius 3 is 1.25 bits per heavy atom. The molecule has 0 aliphatic rings. The number of rotatable bonds is 4. The summed E-state index contributed by atoms with van der Waals surface area (Å²) in [5.41, 5.74) is 2.31. The van der Waals surface area contributed by atoms with E-state index in [4.69, 9.17) is 0 Å². The Bertz CT molecular complexity index is 3420. The van der Waals surface area contributed by atoms with Gasteiger partial charge in [0.05, 0.1) is 0 Å². The van der Waals surface area contributed by atoms with E-state index in [0.717, 1.165) is 32.2 Å². The zero-order chi connectivity index (χ0) is 37.0. The molecule has 0 amide bonds. The molecule has 0 unspecified atom stereocenters. The standard InChI is InChI=1S/C52H31OPS2/c53-54(36-23-27-50-46(29-36)40-13-5-7-15-48(40)55-50,37-24-28-51-47(30-37)41-14-6-8-16-49(41)56-51)35-21-17-34(18-22-35)52-42-25-19-32-9-1-3-11-38(32)44(42)31-45-39-12-4-2-10-33(39)20-26-43(45)52/h1-31H. The molecule has 2 aromatic heterocycles. The third kappa shape index (κ3) is 4.69. The van der Waals surface area contributed by atoms with Crippen molar-refractivity contribution in [2.24, 2.45) is 0 Å². The van der Waals surface area contributed by atoms with E-state index < -0.39 is 7.14 Å². The second-order valence-corrected chi connectivity index (χ2v) is 19.7. The second kappa shape index (κ2) is 12.2. The van der Waals surface area contributed by atoms with Crippen molar-refractivity contribution < 1.29 is 4.57 Å². The van der Waals surface area contributed by atoms with Crippen molar-refractivity contribution in [2.75, 3.05) is 0 Å². The molecule has 4 heteroatoms. The molecule has 10 aromatic carbocycles. The van der Waals surface area contributed by atoms with Crippen LogP contribution < -0.4 is 15.9 Å². The molecular formula is C52H31OPS2. The summed E-state index contributed by atoms with van der Waals surface area (Å²) in [5, 5.41) is 17.1. The number of hydrogen-bond donors (Lipinski definition) is 0. The fourth-order valence-corrected chi connectivity index (χ4v) is 13.9. The van der Waals surface area contributed by atoms with Gasteiger partial charge in [0.1, 0.15) is 0 Å². The summed E-state index contributed by atoms with van der Waals surface area (Å²) in [6.45, 7) is 0. The molecule has 0 fully saturated rings. The summed E-state index contributed by atoms with van der Waals surface area (Å²) in [6, 6.07) is 67.5. The van der Waals surface area contributed by atoms with Gasteiger partial charge in [0, 0.05) is 56.3 Å². The lowest BCUT2D eigenvalue weighted by Gasteiger charge is -2.21. The zero-order valence-electron chi connectivity index (χ0n) is 30.1. The molecule has 0 N–H and O–H groups in total. The maximum absolute atomic E-state index is 16.4. The van der Waals surface area contributed by atoms with Gasteiger partial charge in [0.25, 0.3) is 0 Å². The number of fused-ring (bicyclic) bond motifs is 12. The van der Waals surface area contributed by atoms with Crippen molar-refractivity contribution in [1.82, 2.24) is 0 Å². The maximum atomic E-state index is 16.4. The van der Waals surface area contributed by atoms with Crippen molar-refractivity contribution in [3.63, 3.8) is 0 Å². The summed E-state index contributed by atoms with van der Waals surface area (Å²) >= 11 is 3.58. The lowest BCUT2D eigenvalue weighted by Crippen LogP contribution is -2.25. The van der Waals surface area contributed by atoms with Gasteiger partial charge in [-0.2, -0.15) is 0 Å². The van der Waals surface area contributed by atoms with Crippen LogP contribution in [-0.4, -0.2) is 0 Å². The van der Waals surface area contributed by atoms with Crippen LogP contribution in [0.5, 0.6) is 0 Å². The van der Waals surface area contributed by atoms with Crippen LogP contribution in [0.4, 0.5) is 0 Å². The summed E-state index contributed by atoms with van der Waals surface area (Å²) in [5.74, 6) is 0. The van der Waals surface area contributed by atoms with Crippen molar-refractivity contribution in [3.8, 4) is 11.1 Å². The molecule has 0 saturated carbocycles. The molecule has 56 heavy (non-hydrogen) atoms. The predicted octanol–water partition coefficient (Wildman–Crippen LogP) is 14.3. The van der Waals surface area contributed by atoms with Crippen LogP contribution in [0, 0.1) is 0 Å². The highest BCUT2D eigenvalue weighted by Gasteiger charge is 2.31. The van der Waals surface area contributed by atoms with Crippen LogP contribution in [0.2, 0.25) is 0 Å². The van der Waals surface area contributed by atoms with Crippen molar-refractivity contribution in [2.45, 2.75) is 0 Å². The van der Waals surface area contributed by atoms with E-state index in [-0.39, 0.29) is 0 Å². The van der Waals surface area contributed by atoms with Crippen LogP contribution in [0.25, 0.3) is 94.6 Å².